The lowest BCUT2D eigenvalue weighted by molar-refractivity contribution is -0.666. The normalized spacial score (nSPS) is 10.8. The van der Waals surface area contributed by atoms with E-state index in [4.69, 9.17) is 16.3 Å². The van der Waals surface area contributed by atoms with Gasteiger partial charge in [0.2, 0.25) is 5.16 Å². The fraction of sp³-hybridized carbons (Fsp3) is 0.278. The molecule has 1 aromatic heterocycles. The quantitative estimate of drug-likeness (QED) is 0.448. The zero-order chi connectivity index (χ0) is 18.2. The van der Waals surface area contributed by atoms with Gasteiger partial charge in [0.1, 0.15) is 18.9 Å². The molecule has 2 aromatic carbocycles. The van der Waals surface area contributed by atoms with Crippen molar-refractivity contribution in [2.75, 3.05) is 12.3 Å². The molecule has 0 aliphatic carbocycles. The number of rotatable bonds is 9. The van der Waals surface area contributed by atoms with Gasteiger partial charge in [0.15, 0.2) is 0 Å². The van der Waals surface area contributed by atoms with Crippen LogP contribution in [-0.2, 0) is 20.2 Å². The van der Waals surface area contributed by atoms with Crippen LogP contribution in [0.4, 0.5) is 0 Å². The summed E-state index contributed by atoms with van der Waals surface area (Å²) < 4.78 is 7.68. The van der Waals surface area contributed by atoms with E-state index in [0.717, 1.165) is 40.3 Å². The van der Waals surface area contributed by atoms with E-state index < -0.39 is 0 Å². The molecule has 6 nitrogen and oxygen atoms in total. The highest BCUT2D eigenvalue weighted by Gasteiger charge is 2.07. The van der Waals surface area contributed by atoms with Crippen LogP contribution in [0.3, 0.4) is 0 Å². The number of nitrogens with two attached hydrogens (primary N) is 1. The molecule has 0 aliphatic heterocycles. The number of aryl methyl sites for hydroxylation is 1. The Morgan fingerprint density at radius 2 is 1.96 bits per heavy atom. The van der Waals surface area contributed by atoms with Gasteiger partial charge >= 0.3 is 0 Å². The first-order valence-corrected chi connectivity index (χ1v) is 9.70. The molecule has 0 fully saturated rings. The summed E-state index contributed by atoms with van der Waals surface area (Å²) in [5, 5.41) is 15.3. The van der Waals surface area contributed by atoms with Crippen molar-refractivity contribution in [2.24, 2.45) is 7.05 Å². The van der Waals surface area contributed by atoms with Gasteiger partial charge in [-0.1, -0.05) is 47.6 Å². The van der Waals surface area contributed by atoms with Gasteiger partial charge in [-0.05, 0) is 40.3 Å². The lowest BCUT2D eigenvalue weighted by Crippen LogP contribution is -2.83. The summed E-state index contributed by atoms with van der Waals surface area (Å²) in [7, 11) is 1.85. The predicted octanol–water partition coefficient (Wildman–Crippen LogP) is 2.30. The van der Waals surface area contributed by atoms with Crippen molar-refractivity contribution in [3.05, 3.63) is 64.7 Å². The number of tetrazole rings is 1. The number of benzene rings is 2. The summed E-state index contributed by atoms with van der Waals surface area (Å²) in [6.45, 7) is 2.38. The number of halogens is 1. The molecule has 26 heavy (non-hydrogen) atoms. The number of quaternary nitrogens is 1. The highest BCUT2D eigenvalue weighted by atomic mass is 35.5. The molecule has 0 aliphatic rings. The van der Waals surface area contributed by atoms with Crippen LogP contribution >= 0.6 is 23.4 Å². The summed E-state index contributed by atoms with van der Waals surface area (Å²) in [6, 6.07) is 15.9. The van der Waals surface area contributed by atoms with Crippen LogP contribution in [-0.4, -0.2) is 32.5 Å². The van der Waals surface area contributed by atoms with Crippen molar-refractivity contribution < 1.29 is 10.1 Å². The second kappa shape index (κ2) is 9.56. The molecule has 0 unspecified atom stereocenters. The minimum Gasteiger partial charge on any atom is -0.488 e. The van der Waals surface area contributed by atoms with E-state index in [0.29, 0.717) is 6.61 Å². The van der Waals surface area contributed by atoms with E-state index in [1.165, 1.54) is 5.56 Å². The van der Waals surface area contributed by atoms with Crippen LogP contribution in [0, 0.1) is 0 Å². The van der Waals surface area contributed by atoms with Gasteiger partial charge in [0.25, 0.3) is 0 Å². The van der Waals surface area contributed by atoms with Crippen molar-refractivity contribution >= 4 is 23.4 Å². The number of nitrogens with zero attached hydrogens (tertiary/aromatic N) is 4. The van der Waals surface area contributed by atoms with Crippen LogP contribution in [0.5, 0.6) is 5.75 Å². The Kier molecular flexibility index (Phi) is 6.88. The molecule has 2 N–H and O–H groups in total. The number of hydrogen-bond acceptors (Lipinski definition) is 5. The van der Waals surface area contributed by atoms with Gasteiger partial charge in [-0.25, -0.2) is 4.68 Å². The average Bonchev–Trinajstić information content (AvgIpc) is 3.07. The predicted molar refractivity (Wildman–Crippen MR) is 102 cm³/mol. The van der Waals surface area contributed by atoms with Crippen molar-refractivity contribution in [3.63, 3.8) is 0 Å². The Morgan fingerprint density at radius 3 is 2.73 bits per heavy atom. The van der Waals surface area contributed by atoms with Gasteiger partial charge < -0.3 is 10.1 Å². The Hall–Kier alpha value is -2.09. The van der Waals surface area contributed by atoms with Crippen molar-refractivity contribution in [1.29, 1.82) is 0 Å². The Balaban J connectivity index is 1.46. The van der Waals surface area contributed by atoms with E-state index in [2.05, 4.69) is 26.9 Å². The minimum atomic E-state index is 0.531. The highest BCUT2D eigenvalue weighted by molar-refractivity contribution is 7.99. The molecule has 0 amide bonds. The maximum absolute atomic E-state index is 6.00. The first kappa shape index (κ1) is 18.7. The van der Waals surface area contributed by atoms with E-state index in [-0.39, 0.29) is 0 Å². The second-order valence-corrected chi connectivity index (χ2v) is 7.24. The van der Waals surface area contributed by atoms with Crippen molar-refractivity contribution in [3.8, 4) is 5.75 Å². The van der Waals surface area contributed by atoms with Gasteiger partial charge in [0.05, 0.1) is 12.3 Å². The number of aromatic nitrogens is 4. The van der Waals surface area contributed by atoms with E-state index in [9.17, 15) is 0 Å². The van der Waals surface area contributed by atoms with Crippen LogP contribution in [0.25, 0.3) is 0 Å². The largest absolute Gasteiger partial charge is 0.488 e. The van der Waals surface area contributed by atoms with E-state index in [1.54, 1.807) is 16.4 Å². The van der Waals surface area contributed by atoms with Gasteiger partial charge in [-0.3, -0.25) is 0 Å². The lowest BCUT2D eigenvalue weighted by atomic mass is 10.2. The van der Waals surface area contributed by atoms with Gasteiger partial charge in [-0.2, -0.15) is 0 Å². The fourth-order valence-electron chi connectivity index (χ4n) is 2.39. The number of para-hydroxylation sites is 1. The van der Waals surface area contributed by atoms with Crippen molar-refractivity contribution in [2.45, 2.75) is 18.3 Å². The Morgan fingerprint density at radius 1 is 1.15 bits per heavy atom. The molecule has 1 heterocycles. The van der Waals surface area contributed by atoms with Crippen LogP contribution in [0.15, 0.2) is 53.7 Å². The summed E-state index contributed by atoms with van der Waals surface area (Å²) in [6.07, 6.45) is 0. The first-order chi connectivity index (χ1) is 12.7. The zero-order valence-corrected chi connectivity index (χ0v) is 16.1. The molecule has 3 aromatic rings. The maximum atomic E-state index is 6.00. The summed E-state index contributed by atoms with van der Waals surface area (Å²) in [5.41, 5.74) is 2.29. The Labute approximate surface area is 161 Å². The van der Waals surface area contributed by atoms with Crippen LogP contribution in [0.1, 0.15) is 11.1 Å². The molecule has 0 bridgehead atoms. The van der Waals surface area contributed by atoms with Crippen LogP contribution < -0.4 is 10.1 Å². The summed E-state index contributed by atoms with van der Waals surface area (Å²) in [4.78, 5) is 0. The zero-order valence-electron chi connectivity index (χ0n) is 14.5. The molecule has 0 atom stereocenters. The second-order valence-electron chi connectivity index (χ2n) is 5.74. The fourth-order valence-corrected chi connectivity index (χ4v) is 3.30. The molecule has 8 heteroatoms. The van der Waals surface area contributed by atoms with E-state index in [1.807, 2.05) is 49.5 Å². The molecular weight excluding hydrogens is 370 g/mol. The maximum Gasteiger partial charge on any atom is 0.209 e. The monoisotopic (exact) mass is 390 g/mol. The molecule has 0 radical (unpaired) electrons. The first-order valence-electron chi connectivity index (χ1n) is 8.34. The van der Waals surface area contributed by atoms with Crippen LogP contribution in [0.2, 0.25) is 5.02 Å². The standard InChI is InChI=1S/C18H20ClN5OS/c1-24-18(21-22-23-24)26-11-10-20-12-15-4-2-3-5-17(15)25-13-14-6-8-16(19)9-7-14/h2-9,20H,10-13H2,1H3/p+1. The number of thioether (sulfide) groups is 1. The summed E-state index contributed by atoms with van der Waals surface area (Å²) >= 11 is 7.57. The molecule has 3 rings (SSSR count). The smallest absolute Gasteiger partial charge is 0.209 e. The van der Waals surface area contributed by atoms with Gasteiger partial charge in [0, 0.05) is 17.6 Å². The van der Waals surface area contributed by atoms with Gasteiger partial charge in [-0.15, -0.1) is 5.10 Å². The highest BCUT2D eigenvalue weighted by Crippen LogP contribution is 2.19. The molecule has 0 saturated carbocycles. The average molecular weight is 391 g/mol. The topological polar surface area (TPSA) is 69.4 Å². The molecular formula is C18H21ClN5OS+. The molecule has 0 saturated heterocycles. The SMILES string of the molecule is Cn1nnnc1SCC[NH2+]Cc1ccccc1OCc1ccc(Cl)cc1. The third-order valence-corrected chi connectivity index (χ3v) is 5.07. The molecule has 136 valence electrons. The molecule has 0 spiro atoms. The third kappa shape index (κ3) is 5.45. The van der Waals surface area contributed by atoms with Crippen molar-refractivity contribution in [1.82, 2.24) is 20.2 Å². The summed E-state index contributed by atoms with van der Waals surface area (Å²) in [5.74, 6) is 1.87. The third-order valence-electron chi connectivity index (χ3n) is 3.78. The Bertz CT molecular complexity index is 824. The van der Waals surface area contributed by atoms with E-state index >= 15 is 0 Å². The minimum absolute atomic E-state index is 0.531. The lowest BCUT2D eigenvalue weighted by Gasteiger charge is -2.11. The number of ether oxygens (including phenoxy) is 1. The number of hydrogen-bond donors (Lipinski definition) is 1.